The molecule has 0 atom stereocenters. The van der Waals surface area contributed by atoms with E-state index in [4.69, 9.17) is 13.9 Å². The van der Waals surface area contributed by atoms with Crippen LogP contribution in [0, 0.1) is 13.8 Å². The molecule has 4 rings (SSSR count). The first-order valence-corrected chi connectivity index (χ1v) is 9.04. The second-order valence-corrected chi connectivity index (χ2v) is 7.64. The number of carbonyl (C=O) groups excluding carboxylic acids is 1. The van der Waals surface area contributed by atoms with Crippen molar-refractivity contribution in [2.45, 2.75) is 33.1 Å². The van der Waals surface area contributed by atoms with Crippen molar-refractivity contribution in [1.29, 1.82) is 0 Å². The van der Waals surface area contributed by atoms with Crippen LogP contribution in [-0.4, -0.2) is 19.2 Å². The van der Waals surface area contributed by atoms with E-state index in [2.05, 4.69) is 19.2 Å². The van der Waals surface area contributed by atoms with Crippen molar-refractivity contribution in [3.8, 4) is 11.5 Å². The van der Waals surface area contributed by atoms with Crippen LogP contribution in [0.25, 0.3) is 11.0 Å². The molecule has 1 aliphatic heterocycles. The van der Waals surface area contributed by atoms with E-state index in [1.807, 2.05) is 50.2 Å². The predicted octanol–water partition coefficient (Wildman–Crippen LogP) is 4.49. The van der Waals surface area contributed by atoms with Gasteiger partial charge in [0, 0.05) is 22.9 Å². The first-order valence-electron chi connectivity index (χ1n) is 9.04. The lowest BCUT2D eigenvalue weighted by atomic mass is 9.84. The Kier molecular flexibility index (Phi) is 4.10. The second kappa shape index (κ2) is 6.34. The number of fused-ring (bicyclic) bond motifs is 2. The summed E-state index contributed by atoms with van der Waals surface area (Å²) in [5.41, 5.74) is 3.47. The minimum absolute atomic E-state index is 0.197. The smallest absolute Gasteiger partial charge is 0.287 e. The number of ether oxygens (including phenoxy) is 2. The van der Waals surface area contributed by atoms with E-state index >= 15 is 0 Å². The average molecular weight is 365 g/mol. The van der Waals surface area contributed by atoms with Gasteiger partial charge in [-0.05, 0) is 37.1 Å². The highest BCUT2D eigenvalue weighted by atomic mass is 16.7. The molecule has 140 valence electrons. The molecule has 0 saturated carbocycles. The number of aryl methyl sites for hydroxylation is 2. The van der Waals surface area contributed by atoms with Crippen molar-refractivity contribution < 1.29 is 18.7 Å². The second-order valence-electron chi connectivity index (χ2n) is 7.64. The molecule has 5 nitrogen and oxygen atoms in total. The van der Waals surface area contributed by atoms with Gasteiger partial charge in [-0.2, -0.15) is 0 Å². The molecule has 2 aromatic carbocycles. The van der Waals surface area contributed by atoms with Crippen molar-refractivity contribution >= 4 is 16.9 Å². The molecule has 27 heavy (non-hydrogen) atoms. The number of benzene rings is 2. The summed E-state index contributed by atoms with van der Waals surface area (Å²) in [5, 5.41) is 4.00. The lowest BCUT2D eigenvalue weighted by Gasteiger charge is -2.25. The molecule has 3 aromatic rings. The maximum Gasteiger partial charge on any atom is 0.287 e. The summed E-state index contributed by atoms with van der Waals surface area (Å²) < 4.78 is 16.7. The van der Waals surface area contributed by atoms with Crippen molar-refractivity contribution in [3.05, 3.63) is 58.8 Å². The van der Waals surface area contributed by atoms with Gasteiger partial charge >= 0.3 is 0 Å². The third kappa shape index (κ3) is 3.03. The summed E-state index contributed by atoms with van der Waals surface area (Å²) in [6.07, 6.45) is 0. The molecular formula is C22H23NO4. The Bertz CT molecular complexity index is 1030. The quantitative estimate of drug-likeness (QED) is 0.740. The molecule has 0 saturated heterocycles. The van der Waals surface area contributed by atoms with E-state index in [0.29, 0.717) is 12.3 Å². The topological polar surface area (TPSA) is 60.7 Å². The molecule has 0 radical (unpaired) electrons. The normalized spacial score (nSPS) is 13.2. The summed E-state index contributed by atoms with van der Waals surface area (Å²) in [5.74, 6) is 1.68. The highest BCUT2D eigenvalue weighted by molar-refractivity contribution is 5.99. The van der Waals surface area contributed by atoms with Gasteiger partial charge in [0.1, 0.15) is 5.58 Å². The minimum atomic E-state index is -0.271. The minimum Gasteiger partial charge on any atom is -0.454 e. The van der Waals surface area contributed by atoms with Gasteiger partial charge in [0.2, 0.25) is 6.79 Å². The number of carbonyl (C=O) groups is 1. The number of rotatable bonds is 4. The van der Waals surface area contributed by atoms with E-state index < -0.39 is 0 Å². The van der Waals surface area contributed by atoms with Gasteiger partial charge in [0.05, 0.1) is 0 Å². The number of amides is 1. The van der Waals surface area contributed by atoms with Gasteiger partial charge in [-0.15, -0.1) is 0 Å². The molecule has 1 aliphatic rings. The highest BCUT2D eigenvalue weighted by Gasteiger charge is 2.26. The molecule has 1 aromatic heterocycles. The molecule has 1 amide bonds. The zero-order valence-electron chi connectivity index (χ0n) is 16.0. The van der Waals surface area contributed by atoms with Crippen LogP contribution in [0.5, 0.6) is 11.5 Å². The summed E-state index contributed by atoms with van der Waals surface area (Å²) in [7, 11) is 0. The van der Waals surface area contributed by atoms with Crippen LogP contribution in [0.3, 0.4) is 0 Å². The number of hydrogen-bond donors (Lipinski definition) is 1. The van der Waals surface area contributed by atoms with Gasteiger partial charge in [-0.3, -0.25) is 4.79 Å². The average Bonchev–Trinajstić information content (AvgIpc) is 3.25. The first-order chi connectivity index (χ1) is 12.9. The molecule has 0 bridgehead atoms. The molecule has 0 spiro atoms. The summed E-state index contributed by atoms with van der Waals surface area (Å²) in [6.45, 7) is 8.79. The molecule has 2 heterocycles. The SMILES string of the molecule is Cc1c(C(=O)NCC(C)(C)c2ccc3c(c2)OCO3)oc2c(C)cccc12. The van der Waals surface area contributed by atoms with Gasteiger partial charge in [0.25, 0.3) is 5.91 Å². The molecule has 0 fully saturated rings. The Hall–Kier alpha value is -2.95. The summed E-state index contributed by atoms with van der Waals surface area (Å²) in [6, 6.07) is 11.8. The van der Waals surface area contributed by atoms with Crippen LogP contribution in [0.1, 0.15) is 41.1 Å². The largest absolute Gasteiger partial charge is 0.454 e. The zero-order chi connectivity index (χ0) is 19.2. The lowest BCUT2D eigenvalue weighted by Crippen LogP contribution is -2.36. The fourth-order valence-corrected chi connectivity index (χ4v) is 3.40. The first kappa shape index (κ1) is 17.5. The highest BCUT2D eigenvalue weighted by Crippen LogP contribution is 2.36. The number of furan rings is 1. The number of para-hydroxylation sites is 1. The van der Waals surface area contributed by atoms with Crippen LogP contribution >= 0.6 is 0 Å². The Morgan fingerprint density at radius 2 is 1.89 bits per heavy atom. The van der Waals surface area contributed by atoms with E-state index in [9.17, 15) is 4.79 Å². The third-order valence-electron chi connectivity index (χ3n) is 5.21. The monoisotopic (exact) mass is 365 g/mol. The van der Waals surface area contributed by atoms with Crippen molar-refractivity contribution in [2.24, 2.45) is 0 Å². The number of hydrogen-bond acceptors (Lipinski definition) is 4. The van der Waals surface area contributed by atoms with Crippen LogP contribution in [0.15, 0.2) is 40.8 Å². The molecule has 0 aliphatic carbocycles. The lowest BCUT2D eigenvalue weighted by molar-refractivity contribution is 0.0919. The van der Waals surface area contributed by atoms with Crippen LogP contribution in [-0.2, 0) is 5.41 Å². The van der Waals surface area contributed by atoms with E-state index in [0.717, 1.165) is 39.2 Å². The molecule has 5 heteroatoms. The summed E-state index contributed by atoms with van der Waals surface area (Å²) >= 11 is 0. The van der Waals surface area contributed by atoms with Gasteiger partial charge in [0.15, 0.2) is 17.3 Å². The fraction of sp³-hybridized carbons (Fsp3) is 0.318. The Balaban J connectivity index is 1.53. The Morgan fingerprint density at radius 1 is 1.11 bits per heavy atom. The standard InChI is InChI=1S/C22H23NO4/c1-13-6-5-7-16-14(2)20(27-19(13)16)21(24)23-11-22(3,4)15-8-9-17-18(10-15)26-12-25-17/h5-10H,11-12H2,1-4H3,(H,23,24). The van der Waals surface area contributed by atoms with Crippen LogP contribution in [0.2, 0.25) is 0 Å². The van der Waals surface area contributed by atoms with Gasteiger partial charge in [-0.25, -0.2) is 0 Å². The molecule has 0 unspecified atom stereocenters. The van der Waals surface area contributed by atoms with Crippen LogP contribution in [0.4, 0.5) is 0 Å². The fourth-order valence-electron chi connectivity index (χ4n) is 3.40. The maximum absolute atomic E-state index is 12.8. The van der Waals surface area contributed by atoms with Crippen LogP contribution < -0.4 is 14.8 Å². The van der Waals surface area contributed by atoms with Crippen molar-refractivity contribution in [1.82, 2.24) is 5.32 Å². The van der Waals surface area contributed by atoms with Crippen molar-refractivity contribution in [3.63, 3.8) is 0 Å². The number of nitrogens with one attached hydrogen (secondary N) is 1. The maximum atomic E-state index is 12.8. The van der Waals surface area contributed by atoms with Gasteiger partial charge < -0.3 is 19.2 Å². The van der Waals surface area contributed by atoms with E-state index in [-0.39, 0.29) is 18.1 Å². The summed E-state index contributed by atoms with van der Waals surface area (Å²) in [4.78, 5) is 12.8. The molecule has 1 N–H and O–H groups in total. The van der Waals surface area contributed by atoms with Gasteiger partial charge in [-0.1, -0.05) is 38.1 Å². The predicted molar refractivity (Wildman–Crippen MR) is 104 cm³/mol. The molecular weight excluding hydrogens is 342 g/mol. The third-order valence-corrected chi connectivity index (χ3v) is 5.21. The zero-order valence-corrected chi connectivity index (χ0v) is 16.0. The Morgan fingerprint density at radius 3 is 2.67 bits per heavy atom. The van der Waals surface area contributed by atoms with E-state index in [1.54, 1.807) is 0 Å². The van der Waals surface area contributed by atoms with E-state index in [1.165, 1.54) is 0 Å². The van der Waals surface area contributed by atoms with Crippen molar-refractivity contribution in [2.75, 3.05) is 13.3 Å². The Labute approximate surface area is 158 Å².